The molecular formula is C14H15F2NO3. The number of hydrogen-bond acceptors (Lipinski definition) is 4. The van der Waals surface area contributed by atoms with Crippen molar-refractivity contribution in [1.29, 1.82) is 5.26 Å². The highest BCUT2D eigenvalue weighted by Crippen LogP contribution is 2.44. The minimum absolute atomic E-state index is 0.101. The highest BCUT2D eigenvalue weighted by molar-refractivity contribution is 5.37. The molecule has 1 aromatic carbocycles. The number of halogens is 2. The molecule has 0 amide bonds. The van der Waals surface area contributed by atoms with Crippen LogP contribution >= 0.6 is 0 Å². The third-order valence-electron chi connectivity index (χ3n) is 3.56. The average molecular weight is 283 g/mol. The van der Waals surface area contributed by atoms with Crippen molar-refractivity contribution < 1.29 is 23.4 Å². The number of aliphatic hydroxyl groups is 1. The van der Waals surface area contributed by atoms with Gasteiger partial charge in [-0.15, -0.1) is 0 Å². The molecule has 1 atom stereocenters. The number of hydrogen-bond donors (Lipinski definition) is 1. The molecule has 1 heterocycles. The van der Waals surface area contributed by atoms with E-state index < -0.39 is 18.1 Å². The second-order valence-corrected chi connectivity index (χ2v) is 4.70. The summed E-state index contributed by atoms with van der Waals surface area (Å²) >= 11 is 0. The number of nitriles is 1. The third kappa shape index (κ3) is 2.89. The maximum atomic E-state index is 12.4. The van der Waals surface area contributed by atoms with Gasteiger partial charge in [-0.05, 0) is 18.9 Å². The molecule has 1 saturated heterocycles. The number of alkyl halides is 2. The van der Waals surface area contributed by atoms with Crippen LogP contribution in [0.4, 0.5) is 8.78 Å². The summed E-state index contributed by atoms with van der Waals surface area (Å²) in [6.07, 6.45) is -0.479. The number of rotatable bonds is 4. The lowest BCUT2D eigenvalue weighted by Crippen LogP contribution is -2.34. The van der Waals surface area contributed by atoms with Gasteiger partial charge in [0.15, 0.2) is 0 Å². The molecule has 0 bridgehead atoms. The van der Waals surface area contributed by atoms with E-state index in [1.54, 1.807) is 6.07 Å². The Hall–Kier alpha value is -1.71. The Bertz CT molecular complexity index is 495. The normalized spacial score (nSPS) is 19.4. The molecule has 1 aromatic rings. The van der Waals surface area contributed by atoms with Gasteiger partial charge in [0, 0.05) is 18.8 Å². The second kappa shape index (κ2) is 6.16. The van der Waals surface area contributed by atoms with Gasteiger partial charge in [-0.3, -0.25) is 0 Å². The van der Waals surface area contributed by atoms with E-state index in [0.717, 1.165) is 0 Å². The van der Waals surface area contributed by atoms with Crippen molar-refractivity contribution in [2.24, 2.45) is 5.41 Å². The van der Waals surface area contributed by atoms with Crippen molar-refractivity contribution in [3.63, 3.8) is 0 Å². The van der Waals surface area contributed by atoms with Gasteiger partial charge < -0.3 is 14.6 Å². The zero-order chi connectivity index (χ0) is 14.6. The first-order chi connectivity index (χ1) is 9.59. The van der Waals surface area contributed by atoms with Gasteiger partial charge in [0.25, 0.3) is 0 Å². The SMILES string of the molecule is N#CC1(C(O)c2ccccc2OC(F)F)CCOCC1. The number of aliphatic hydroxyl groups excluding tert-OH is 1. The van der Waals surface area contributed by atoms with Crippen molar-refractivity contribution >= 4 is 0 Å². The molecule has 1 aliphatic heterocycles. The molecule has 1 unspecified atom stereocenters. The Labute approximate surface area is 115 Å². The summed E-state index contributed by atoms with van der Waals surface area (Å²) in [5, 5.41) is 19.9. The Balaban J connectivity index is 2.32. The molecule has 1 aliphatic rings. The standard InChI is InChI=1S/C14H15F2NO3/c15-13(16)20-11-4-2-1-3-10(11)12(18)14(9-17)5-7-19-8-6-14/h1-4,12-13,18H,5-8H2. The maximum absolute atomic E-state index is 12.4. The maximum Gasteiger partial charge on any atom is 0.387 e. The summed E-state index contributed by atoms with van der Waals surface area (Å²) in [5.74, 6) is -0.101. The molecule has 6 heteroatoms. The Morgan fingerprint density at radius 3 is 2.55 bits per heavy atom. The van der Waals surface area contributed by atoms with Gasteiger partial charge in [0.1, 0.15) is 11.9 Å². The van der Waals surface area contributed by atoms with E-state index in [2.05, 4.69) is 10.8 Å². The lowest BCUT2D eigenvalue weighted by atomic mass is 9.74. The first-order valence-electron chi connectivity index (χ1n) is 6.30. The zero-order valence-corrected chi connectivity index (χ0v) is 10.8. The first kappa shape index (κ1) is 14.7. The average Bonchev–Trinajstić information content (AvgIpc) is 2.47. The predicted molar refractivity (Wildman–Crippen MR) is 66.1 cm³/mol. The summed E-state index contributed by atoms with van der Waals surface area (Å²) in [5.41, 5.74) is -0.823. The van der Waals surface area contributed by atoms with Crippen LogP contribution in [0.5, 0.6) is 5.75 Å². The lowest BCUT2D eigenvalue weighted by Gasteiger charge is -2.35. The molecule has 0 spiro atoms. The molecule has 1 N–H and O–H groups in total. The lowest BCUT2D eigenvalue weighted by molar-refractivity contribution is -0.0576. The molecule has 4 nitrogen and oxygen atoms in total. The summed E-state index contributed by atoms with van der Waals surface area (Å²) in [6.45, 7) is -2.25. The van der Waals surface area contributed by atoms with Crippen LogP contribution in [0.1, 0.15) is 24.5 Å². The van der Waals surface area contributed by atoms with Crippen LogP contribution in [-0.4, -0.2) is 24.9 Å². The number of ether oxygens (including phenoxy) is 2. The second-order valence-electron chi connectivity index (χ2n) is 4.70. The minimum Gasteiger partial charge on any atom is -0.434 e. The topological polar surface area (TPSA) is 62.5 Å². The monoisotopic (exact) mass is 283 g/mol. The fourth-order valence-electron chi connectivity index (χ4n) is 2.39. The summed E-state index contributed by atoms with van der Waals surface area (Å²) in [7, 11) is 0. The van der Waals surface area contributed by atoms with Crippen molar-refractivity contribution in [2.75, 3.05) is 13.2 Å². The van der Waals surface area contributed by atoms with Crippen LogP contribution in [0.2, 0.25) is 0 Å². The van der Waals surface area contributed by atoms with Gasteiger partial charge in [-0.1, -0.05) is 18.2 Å². The van der Waals surface area contributed by atoms with E-state index in [4.69, 9.17) is 4.74 Å². The van der Waals surface area contributed by atoms with E-state index in [9.17, 15) is 19.1 Å². The van der Waals surface area contributed by atoms with E-state index in [-0.39, 0.29) is 11.3 Å². The van der Waals surface area contributed by atoms with Gasteiger partial charge >= 0.3 is 6.61 Å². The van der Waals surface area contributed by atoms with Gasteiger partial charge in [0.05, 0.1) is 11.5 Å². The van der Waals surface area contributed by atoms with Crippen LogP contribution in [0.25, 0.3) is 0 Å². The van der Waals surface area contributed by atoms with Crippen molar-refractivity contribution in [1.82, 2.24) is 0 Å². The largest absolute Gasteiger partial charge is 0.434 e. The summed E-state index contributed by atoms with van der Waals surface area (Å²) < 4.78 is 34.4. The molecule has 0 aromatic heterocycles. The van der Waals surface area contributed by atoms with E-state index in [1.807, 2.05) is 0 Å². The fraction of sp³-hybridized carbons (Fsp3) is 0.500. The summed E-state index contributed by atoms with van der Waals surface area (Å²) in [6, 6.07) is 8.13. The quantitative estimate of drug-likeness (QED) is 0.922. The van der Waals surface area contributed by atoms with Gasteiger partial charge in [0.2, 0.25) is 0 Å². The minimum atomic E-state index is -2.98. The van der Waals surface area contributed by atoms with Crippen LogP contribution < -0.4 is 4.74 Å². The van der Waals surface area contributed by atoms with Crippen LogP contribution in [0, 0.1) is 16.7 Å². The van der Waals surface area contributed by atoms with E-state index >= 15 is 0 Å². The zero-order valence-electron chi connectivity index (χ0n) is 10.8. The van der Waals surface area contributed by atoms with E-state index in [1.165, 1.54) is 18.2 Å². The van der Waals surface area contributed by atoms with Crippen molar-refractivity contribution in [2.45, 2.75) is 25.6 Å². The fourth-order valence-corrected chi connectivity index (χ4v) is 2.39. The van der Waals surface area contributed by atoms with Gasteiger partial charge in [-0.25, -0.2) is 0 Å². The van der Waals surface area contributed by atoms with E-state index in [0.29, 0.717) is 26.1 Å². The van der Waals surface area contributed by atoms with Crippen LogP contribution in [-0.2, 0) is 4.74 Å². The Morgan fingerprint density at radius 2 is 1.95 bits per heavy atom. The highest BCUT2D eigenvalue weighted by Gasteiger charge is 2.42. The Morgan fingerprint density at radius 1 is 1.30 bits per heavy atom. The molecule has 108 valence electrons. The molecule has 2 rings (SSSR count). The number of nitrogens with zero attached hydrogens (tertiary/aromatic N) is 1. The molecule has 0 radical (unpaired) electrons. The molecular weight excluding hydrogens is 268 g/mol. The highest BCUT2D eigenvalue weighted by atomic mass is 19.3. The predicted octanol–water partition coefficient (Wildman–Crippen LogP) is 2.64. The molecule has 1 fully saturated rings. The van der Waals surface area contributed by atoms with Crippen LogP contribution in [0.3, 0.4) is 0 Å². The molecule has 0 aliphatic carbocycles. The Kier molecular flexibility index (Phi) is 4.53. The van der Waals surface area contributed by atoms with Crippen molar-refractivity contribution in [3.05, 3.63) is 29.8 Å². The van der Waals surface area contributed by atoms with Crippen molar-refractivity contribution in [3.8, 4) is 11.8 Å². The summed E-state index contributed by atoms with van der Waals surface area (Å²) in [4.78, 5) is 0. The first-order valence-corrected chi connectivity index (χ1v) is 6.30. The number of benzene rings is 1. The molecule has 20 heavy (non-hydrogen) atoms. The number of para-hydroxylation sites is 1. The van der Waals surface area contributed by atoms with Crippen LogP contribution in [0.15, 0.2) is 24.3 Å². The van der Waals surface area contributed by atoms with Gasteiger partial charge in [-0.2, -0.15) is 14.0 Å². The smallest absolute Gasteiger partial charge is 0.387 e. The molecule has 0 saturated carbocycles. The third-order valence-corrected chi connectivity index (χ3v) is 3.56.